The van der Waals surface area contributed by atoms with Crippen LogP contribution in [0.2, 0.25) is 0 Å². The summed E-state index contributed by atoms with van der Waals surface area (Å²) < 4.78 is 28.3. The second-order valence-electron chi connectivity index (χ2n) is 9.01. The van der Waals surface area contributed by atoms with E-state index in [2.05, 4.69) is 5.32 Å². The summed E-state index contributed by atoms with van der Waals surface area (Å²) in [6.45, 7) is 7.02. The van der Waals surface area contributed by atoms with Gasteiger partial charge in [-0.3, -0.25) is 13.9 Å². The van der Waals surface area contributed by atoms with Crippen molar-refractivity contribution in [3.05, 3.63) is 96.1 Å². The van der Waals surface area contributed by atoms with E-state index < -0.39 is 28.5 Å². The highest BCUT2D eigenvalue weighted by Gasteiger charge is 2.32. The Labute approximate surface area is 213 Å². The predicted octanol–water partition coefficient (Wildman–Crippen LogP) is 4.13. The summed E-state index contributed by atoms with van der Waals surface area (Å²) >= 11 is 0. The van der Waals surface area contributed by atoms with Crippen molar-refractivity contribution in [1.29, 1.82) is 0 Å². The van der Waals surface area contributed by atoms with Crippen molar-refractivity contribution < 1.29 is 18.0 Å². The molecule has 1 atom stereocenters. The Balaban J connectivity index is 1.99. The first-order chi connectivity index (χ1) is 17.1. The van der Waals surface area contributed by atoms with E-state index in [4.69, 9.17) is 0 Å². The van der Waals surface area contributed by atoms with Crippen LogP contribution in [0.15, 0.2) is 89.8 Å². The molecule has 36 heavy (non-hydrogen) atoms. The maximum Gasteiger partial charge on any atom is 0.264 e. The maximum atomic E-state index is 13.8. The van der Waals surface area contributed by atoms with Crippen molar-refractivity contribution in [2.75, 3.05) is 10.8 Å². The highest BCUT2D eigenvalue weighted by Crippen LogP contribution is 2.24. The fraction of sp³-hybridized carbons (Fsp3) is 0.286. The van der Waals surface area contributed by atoms with Crippen LogP contribution < -0.4 is 9.62 Å². The number of nitrogens with one attached hydrogen (secondary N) is 1. The van der Waals surface area contributed by atoms with Crippen LogP contribution in [0.1, 0.15) is 31.9 Å². The van der Waals surface area contributed by atoms with E-state index in [0.29, 0.717) is 5.69 Å². The third kappa shape index (κ3) is 6.73. The molecule has 2 amide bonds. The normalized spacial score (nSPS) is 12.1. The van der Waals surface area contributed by atoms with Crippen LogP contribution in [-0.4, -0.2) is 43.8 Å². The minimum Gasteiger partial charge on any atom is -0.352 e. The maximum absolute atomic E-state index is 13.8. The van der Waals surface area contributed by atoms with E-state index in [9.17, 15) is 18.0 Å². The van der Waals surface area contributed by atoms with Crippen molar-refractivity contribution >= 4 is 27.5 Å². The van der Waals surface area contributed by atoms with Crippen LogP contribution >= 0.6 is 0 Å². The lowest BCUT2D eigenvalue weighted by atomic mass is 10.1. The Bertz CT molecular complexity index is 1280. The zero-order valence-corrected chi connectivity index (χ0v) is 21.9. The van der Waals surface area contributed by atoms with E-state index in [1.165, 1.54) is 17.0 Å². The molecule has 3 rings (SSSR count). The molecule has 0 aliphatic heterocycles. The number of rotatable bonds is 10. The highest BCUT2D eigenvalue weighted by atomic mass is 32.2. The fourth-order valence-corrected chi connectivity index (χ4v) is 5.27. The molecule has 0 bridgehead atoms. The third-order valence-electron chi connectivity index (χ3n) is 5.69. The monoisotopic (exact) mass is 507 g/mol. The van der Waals surface area contributed by atoms with E-state index in [1.807, 2.05) is 45.0 Å². The lowest BCUT2D eigenvalue weighted by molar-refractivity contribution is -0.139. The molecule has 3 aromatic rings. The zero-order chi connectivity index (χ0) is 26.3. The number of amides is 2. The summed E-state index contributed by atoms with van der Waals surface area (Å²) in [4.78, 5) is 28.2. The molecule has 0 radical (unpaired) electrons. The smallest absolute Gasteiger partial charge is 0.264 e. The Kier molecular flexibility index (Phi) is 8.88. The average molecular weight is 508 g/mol. The van der Waals surface area contributed by atoms with Crippen molar-refractivity contribution in [2.24, 2.45) is 0 Å². The second-order valence-corrected chi connectivity index (χ2v) is 10.9. The summed E-state index contributed by atoms with van der Waals surface area (Å²) in [5, 5.41) is 2.85. The minimum absolute atomic E-state index is 0.0810. The average Bonchev–Trinajstić information content (AvgIpc) is 2.86. The SMILES string of the molecule is Cc1cccc(CN(C(=O)CN(c2ccccc2)S(=O)(=O)c2ccccc2)[C@H](C)C(=O)NC(C)C)c1. The van der Waals surface area contributed by atoms with Crippen LogP contribution in [0.4, 0.5) is 5.69 Å². The largest absolute Gasteiger partial charge is 0.352 e. The molecule has 0 saturated heterocycles. The molecule has 7 nitrogen and oxygen atoms in total. The Morgan fingerprint density at radius 2 is 1.47 bits per heavy atom. The van der Waals surface area contributed by atoms with Gasteiger partial charge in [0.1, 0.15) is 12.6 Å². The Morgan fingerprint density at radius 1 is 0.861 bits per heavy atom. The predicted molar refractivity (Wildman–Crippen MR) is 142 cm³/mol. The quantitative estimate of drug-likeness (QED) is 0.447. The number of carbonyl (C=O) groups is 2. The molecule has 0 unspecified atom stereocenters. The zero-order valence-electron chi connectivity index (χ0n) is 21.1. The third-order valence-corrected chi connectivity index (χ3v) is 7.48. The molecule has 0 saturated carbocycles. The molecule has 190 valence electrons. The number of hydrogen-bond donors (Lipinski definition) is 1. The number of anilines is 1. The summed E-state index contributed by atoms with van der Waals surface area (Å²) in [6.07, 6.45) is 0. The first kappa shape index (κ1) is 26.9. The number of sulfonamides is 1. The number of para-hydroxylation sites is 1. The van der Waals surface area contributed by atoms with Crippen molar-refractivity contribution in [2.45, 2.75) is 51.2 Å². The van der Waals surface area contributed by atoms with Gasteiger partial charge >= 0.3 is 0 Å². The van der Waals surface area contributed by atoms with Crippen LogP contribution in [-0.2, 0) is 26.2 Å². The van der Waals surface area contributed by atoms with Crippen LogP contribution in [0.3, 0.4) is 0 Å². The lowest BCUT2D eigenvalue weighted by Crippen LogP contribution is -2.52. The molecule has 0 spiro atoms. The van der Waals surface area contributed by atoms with Gasteiger partial charge in [-0.1, -0.05) is 66.2 Å². The minimum atomic E-state index is -4.04. The lowest BCUT2D eigenvalue weighted by Gasteiger charge is -2.32. The van der Waals surface area contributed by atoms with Gasteiger partial charge in [0.25, 0.3) is 10.0 Å². The Hall–Kier alpha value is -3.65. The molecule has 0 fully saturated rings. The summed E-state index contributed by atoms with van der Waals surface area (Å²) in [5.41, 5.74) is 2.24. The second kappa shape index (κ2) is 11.9. The molecular weight excluding hydrogens is 474 g/mol. The van der Waals surface area contributed by atoms with Crippen molar-refractivity contribution in [3.63, 3.8) is 0 Å². The van der Waals surface area contributed by atoms with E-state index in [-0.39, 0.29) is 23.4 Å². The first-order valence-electron chi connectivity index (χ1n) is 11.9. The van der Waals surface area contributed by atoms with Crippen LogP contribution in [0, 0.1) is 6.92 Å². The topological polar surface area (TPSA) is 86.8 Å². The molecule has 0 aliphatic rings. The molecular formula is C28H33N3O4S. The van der Waals surface area contributed by atoms with Gasteiger partial charge in [-0.05, 0) is 57.5 Å². The van der Waals surface area contributed by atoms with Gasteiger partial charge in [0.05, 0.1) is 10.6 Å². The molecule has 3 aromatic carbocycles. The number of benzene rings is 3. The number of carbonyl (C=O) groups excluding carboxylic acids is 2. The fourth-order valence-electron chi connectivity index (χ4n) is 3.84. The van der Waals surface area contributed by atoms with Crippen LogP contribution in [0.25, 0.3) is 0 Å². The number of nitrogens with zero attached hydrogens (tertiary/aromatic N) is 2. The van der Waals surface area contributed by atoms with Gasteiger partial charge in [0.15, 0.2) is 0 Å². The van der Waals surface area contributed by atoms with Gasteiger partial charge < -0.3 is 10.2 Å². The number of aryl methyl sites for hydroxylation is 1. The highest BCUT2D eigenvalue weighted by molar-refractivity contribution is 7.92. The van der Waals surface area contributed by atoms with Crippen LogP contribution in [0.5, 0.6) is 0 Å². The van der Waals surface area contributed by atoms with E-state index >= 15 is 0 Å². The first-order valence-corrected chi connectivity index (χ1v) is 13.3. The van der Waals surface area contributed by atoms with Gasteiger partial charge in [-0.2, -0.15) is 0 Å². The molecule has 1 N–H and O–H groups in total. The van der Waals surface area contributed by atoms with Gasteiger partial charge in [-0.25, -0.2) is 8.42 Å². The van der Waals surface area contributed by atoms with Crippen molar-refractivity contribution in [1.82, 2.24) is 10.2 Å². The summed E-state index contributed by atoms with van der Waals surface area (Å²) in [5.74, 6) is -0.783. The molecule has 0 heterocycles. The summed E-state index contributed by atoms with van der Waals surface area (Å²) in [6, 6.07) is 23.3. The molecule has 0 aliphatic carbocycles. The summed E-state index contributed by atoms with van der Waals surface area (Å²) in [7, 11) is -4.04. The van der Waals surface area contributed by atoms with Gasteiger partial charge in [0.2, 0.25) is 11.8 Å². The molecule has 8 heteroatoms. The van der Waals surface area contributed by atoms with Gasteiger partial charge in [0, 0.05) is 12.6 Å². The van der Waals surface area contributed by atoms with E-state index in [0.717, 1.165) is 15.4 Å². The molecule has 0 aromatic heterocycles. The van der Waals surface area contributed by atoms with Gasteiger partial charge in [-0.15, -0.1) is 0 Å². The Morgan fingerprint density at radius 3 is 2.06 bits per heavy atom. The number of hydrogen-bond acceptors (Lipinski definition) is 4. The van der Waals surface area contributed by atoms with Crippen molar-refractivity contribution in [3.8, 4) is 0 Å². The van der Waals surface area contributed by atoms with E-state index in [1.54, 1.807) is 55.5 Å². The standard InChI is InChI=1S/C28H33N3O4S/c1-21(2)29-28(33)23(4)30(19-24-13-11-12-22(3)18-24)27(32)20-31(25-14-7-5-8-15-25)36(34,35)26-16-9-6-10-17-26/h5-18,21,23H,19-20H2,1-4H3,(H,29,33)/t23-/m1/s1.